The first-order chi connectivity index (χ1) is 12.9. The normalized spacial score (nSPS) is 14.4. The molecule has 10 heteroatoms. The van der Waals surface area contributed by atoms with Crippen LogP contribution >= 0.6 is 0 Å². The molecule has 3 rings (SSSR count). The minimum atomic E-state index is -3.22. The highest BCUT2D eigenvalue weighted by Crippen LogP contribution is 2.48. The number of rotatable bonds is 6. The number of ether oxygens (including phenoxy) is 1. The first-order valence-electron chi connectivity index (χ1n) is 8.07. The molecule has 0 unspecified atom stereocenters. The van der Waals surface area contributed by atoms with E-state index in [2.05, 4.69) is 15.3 Å². The predicted octanol–water partition coefficient (Wildman–Crippen LogP) is 1.61. The van der Waals surface area contributed by atoms with E-state index in [0.29, 0.717) is 5.95 Å². The summed E-state index contributed by atoms with van der Waals surface area (Å²) in [5, 5.41) is 3.25. The van der Waals surface area contributed by atoms with E-state index >= 15 is 0 Å². The van der Waals surface area contributed by atoms with Gasteiger partial charge >= 0.3 is 12.3 Å². The summed E-state index contributed by atoms with van der Waals surface area (Å²) in [5.41, 5.74) is 4.24. The summed E-state index contributed by atoms with van der Waals surface area (Å²) in [6, 6.07) is 7.68. The summed E-state index contributed by atoms with van der Waals surface area (Å²) in [7, 11) is 1.60. The van der Waals surface area contributed by atoms with Crippen molar-refractivity contribution < 1.29 is 23.1 Å². The largest absolute Gasteiger partial charge is 0.497 e. The first-order valence-corrected chi connectivity index (χ1v) is 8.07. The van der Waals surface area contributed by atoms with Gasteiger partial charge in [0.05, 0.1) is 18.2 Å². The Balaban J connectivity index is 1.64. The molecular weight excluding hydrogens is 360 g/mol. The maximum Gasteiger partial charge on any atom is 0.317 e. The molecule has 0 radical (unpaired) electrons. The lowest BCUT2D eigenvalue weighted by Crippen LogP contribution is -2.44. The number of carbonyl (C=O) groups excluding carboxylic acids is 2. The van der Waals surface area contributed by atoms with Crippen LogP contribution in [0, 0.1) is 0 Å². The van der Waals surface area contributed by atoms with Gasteiger partial charge in [-0.15, -0.1) is 0 Å². The van der Waals surface area contributed by atoms with Crippen molar-refractivity contribution in [2.75, 3.05) is 12.4 Å². The molecule has 0 aliphatic heterocycles. The quantitative estimate of drug-likeness (QED) is 0.661. The highest BCUT2D eigenvalue weighted by molar-refractivity contribution is 5.95. The number of hydrazine groups is 1. The molecule has 27 heavy (non-hydrogen) atoms. The Labute approximate surface area is 153 Å². The lowest BCUT2D eigenvalue weighted by Gasteiger charge is -2.18. The number of benzene rings is 1. The Morgan fingerprint density at radius 3 is 2.48 bits per heavy atom. The second-order valence-corrected chi connectivity index (χ2v) is 5.98. The van der Waals surface area contributed by atoms with Crippen molar-refractivity contribution >= 4 is 17.8 Å². The molecule has 2 aromatic rings. The first kappa shape index (κ1) is 18.5. The van der Waals surface area contributed by atoms with Crippen molar-refractivity contribution in [3.05, 3.63) is 47.8 Å². The van der Waals surface area contributed by atoms with Crippen LogP contribution in [0.3, 0.4) is 0 Å². The van der Waals surface area contributed by atoms with Crippen molar-refractivity contribution in [1.29, 1.82) is 0 Å². The topological polar surface area (TPSA) is 105 Å². The van der Waals surface area contributed by atoms with Crippen LogP contribution in [0.1, 0.15) is 28.8 Å². The molecule has 0 spiro atoms. The van der Waals surface area contributed by atoms with Gasteiger partial charge in [0.1, 0.15) is 5.75 Å². The van der Waals surface area contributed by atoms with Gasteiger partial charge in [0.15, 0.2) is 0 Å². The van der Waals surface area contributed by atoms with Crippen molar-refractivity contribution in [1.82, 2.24) is 20.8 Å². The number of anilines is 1. The molecule has 1 aliphatic carbocycles. The van der Waals surface area contributed by atoms with Crippen LogP contribution < -0.4 is 20.9 Å². The molecule has 1 aromatic heterocycles. The molecule has 3 N–H and O–H groups in total. The molecule has 1 saturated carbocycles. The van der Waals surface area contributed by atoms with Gasteiger partial charge in [-0.3, -0.25) is 20.4 Å². The van der Waals surface area contributed by atoms with Crippen molar-refractivity contribution in [3.8, 4) is 5.75 Å². The average Bonchev–Trinajstić information content (AvgIpc) is 3.47. The van der Waals surface area contributed by atoms with Gasteiger partial charge in [-0.25, -0.2) is 9.97 Å². The molecule has 1 aliphatic rings. The van der Waals surface area contributed by atoms with Crippen LogP contribution in [0.15, 0.2) is 36.7 Å². The molecule has 142 valence electrons. The Bertz CT molecular complexity index is 841. The lowest BCUT2D eigenvalue weighted by molar-refractivity contribution is -0.132. The van der Waals surface area contributed by atoms with Gasteiger partial charge in [-0.1, -0.05) is 12.1 Å². The van der Waals surface area contributed by atoms with Crippen LogP contribution in [0.2, 0.25) is 0 Å². The second-order valence-electron chi connectivity index (χ2n) is 5.98. The Morgan fingerprint density at radius 2 is 1.89 bits per heavy atom. The third kappa shape index (κ3) is 4.27. The van der Waals surface area contributed by atoms with Crippen LogP contribution in [-0.4, -0.2) is 35.3 Å². The number of hydrogen-bond donors (Lipinski definition) is 3. The Morgan fingerprint density at radius 1 is 1.19 bits per heavy atom. The number of alkyl halides is 2. The number of hydrogen-bond acceptors (Lipinski definition) is 6. The van der Waals surface area contributed by atoms with Crippen LogP contribution in [0.4, 0.5) is 14.7 Å². The zero-order valence-corrected chi connectivity index (χ0v) is 14.3. The van der Waals surface area contributed by atoms with Crippen LogP contribution in [0.5, 0.6) is 5.75 Å². The minimum absolute atomic E-state index is 0.0151. The molecular formula is C17H17F2N5O3. The van der Waals surface area contributed by atoms with Gasteiger partial charge in [0.2, 0.25) is 5.95 Å². The van der Waals surface area contributed by atoms with E-state index in [1.54, 1.807) is 12.5 Å². The predicted molar refractivity (Wildman–Crippen MR) is 91.2 cm³/mol. The second kappa shape index (κ2) is 7.52. The highest BCUT2D eigenvalue weighted by atomic mass is 19.3. The Hall–Kier alpha value is -3.30. The molecule has 0 atom stereocenters. The zero-order chi connectivity index (χ0) is 19.4. The van der Waals surface area contributed by atoms with Gasteiger partial charge in [-0.05, 0) is 30.5 Å². The smallest absolute Gasteiger partial charge is 0.317 e. The summed E-state index contributed by atoms with van der Waals surface area (Å²) in [5.74, 6) is -1.33. The number of carbonyl (C=O) groups is 2. The van der Waals surface area contributed by atoms with E-state index in [-0.39, 0.29) is 11.1 Å². The third-order valence-corrected chi connectivity index (χ3v) is 4.13. The minimum Gasteiger partial charge on any atom is -0.497 e. The fraction of sp³-hybridized carbons (Fsp3) is 0.294. The average molecular weight is 377 g/mol. The van der Waals surface area contributed by atoms with Crippen LogP contribution in [0.25, 0.3) is 0 Å². The van der Waals surface area contributed by atoms with Gasteiger partial charge in [0, 0.05) is 12.4 Å². The molecule has 1 aromatic carbocycles. The molecule has 0 saturated heterocycles. The standard InChI is InChI=1S/C17H17F2N5O3/c1-27-12-4-2-3-11(7-12)17(5-6-17)22-16-20-8-10(9-21-16)14(25)23-24-15(26)13(18)19/h2-4,7-9,13H,5-6H2,1H3,(H,23,25)(H,24,26)(H,20,21,22). The summed E-state index contributed by atoms with van der Waals surface area (Å²) >= 11 is 0. The summed E-state index contributed by atoms with van der Waals surface area (Å²) in [6.45, 7) is 0. The van der Waals surface area contributed by atoms with E-state index < -0.39 is 18.2 Å². The van der Waals surface area contributed by atoms with Gasteiger partial charge in [0.25, 0.3) is 5.91 Å². The zero-order valence-electron chi connectivity index (χ0n) is 14.3. The molecule has 2 amide bonds. The van der Waals surface area contributed by atoms with Crippen LogP contribution in [-0.2, 0) is 10.3 Å². The van der Waals surface area contributed by atoms with E-state index in [1.165, 1.54) is 12.4 Å². The molecule has 8 nitrogen and oxygen atoms in total. The maximum atomic E-state index is 12.1. The fourth-order valence-corrected chi connectivity index (χ4v) is 2.50. The summed E-state index contributed by atoms with van der Waals surface area (Å²) in [4.78, 5) is 30.7. The number of halogens is 2. The monoisotopic (exact) mass is 377 g/mol. The number of amides is 2. The molecule has 0 bridgehead atoms. The van der Waals surface area contributed by atoms with Crippen molar-refractivity contribution in [2.45, 2.75) is 24.8 Å². The third-order valence-electron chi connectivity index (χ3n) is 4.13. The number of nitrogens with zero attached hydrogens (tertiary/aromatic N) is 2. The highest BCUT2D eigenvalue weighted by Gasteiger charge is 2.45. The van der Waals surface area contributed by atoms with Crippen molar-refractivity contribution in [3.63, 3.8) is 0 Å². The maximum absolute atomic E-state index is 12.1. The summed E-state index contributed by atoms with van der Waals surface area (Å²) < 4.78 is 29.4. The Kier molecular flexibility index (Phi) is 5.15. The number of methoxy groups -OCH3 is 1. The van der Waals surface area contributed by atoms with Gasteiger partial charge in [-0.2, -0.15) is 8.78 Å². The summed E-state index contributed by atoms with van der Waals surface area (Å²) in [6.07, 6.45) is 1.04. The number of aromatic nitrogens is 2. The molecule has 1 fully saturated rings. The number of nitrogens with one attached hydrogen (secondary N) is 3. The SMILES string of the molecule is COc1cccc(C2(Nc3ncc(C(=O)NNC(=O)C(F)F)cn3)CC2)c1. The molecule has 1 heterocycles. The van der Waals surface area contributed by atoms with Gasteiger partial charge < -0.3 is 10.1 Å². The van der Waals surface area contributed by atoms with Crippen molar-refractivity contribution in [2.24, 2.45) is 0 Å². The van der Waals surface area contributed by atoms with E-state index in [4.69, 9.17) is 4.74 Å². The van der Waals surface area contributed by atoms with E-state index in [0.717, 1.165) is 24.2 Å². The fourth-order valence-electron chi connectivity index (χ4n) is 2.50. The van der Waals surface area contributed by atoms with E-state index in [1.807, 2.05) is 29.7 Å². The van der Waals surface area contributed by atoms with E-state index in [9.17, 15) is 18.4 Å². The lowest BCUT2D eigenvalue weighted by atomic mass is 10.0.